The van der Waals surface area contributed by atoms with Crippen molar-refractivity contribution in [2.75, 3.05) is 0 Å². The molecule has 1 heteroatoms. The molecule has 0 saturated heterocycles. The molecule has 0 saturated carbocycles. The van der Waals surface area contributed by atoms with Gasteiger partial charge >= 0.3 is 0 Å². The molecule has 1 atom stereocenters. The zero-order valence-electron chi connectivity index (χ0n) is 6.04. The monoisotopic (exact) mass is 135 g/mol. The Labute approximate surface area is 61.3 Å². The number of hydrogen-bond donors (Lipinski definition) is 1. The quantitative estimate of drug-likeness (QED) is 0.626. The Morgan fingerprint density at radius 2 is 2.20 bits per heavy atom. The van der Waals surface area contributed by atoms with Gasteiger partial charge in [-0.3, -0.25) is 0 Å². The van der Waals surface area contributed by atoms with Crippen LogP contribution in [0.3, 0.4) is 0 Å². The van der Waals surface area contributed by atoms with Crippen LogP contribution in [0.4, 0.5) is 0 Å². The van der Waals surface area contributed by atoms with Gasteiger partial charge in [0.1, 0.15) is 5.75 Å². The summed E-state index contributed by atoms with van der Waals surface area (Å²) in [5, 5.41) is 9.03. The van der Waals surface area contributed by atoms with E-state index >= 15 is 0 Å². The maximum Gasteiger partial charge on any atom is 0.115 e. The Kier molecular flexibility index (Phi) is 1.95. The fraction of sp³-hybridized carbons (Fsp3) is 0.222. The Morgan fingerprint density at radius 1 is 1.50 bits per heavy atom. The second-order valence-electron chi connectivity index (χ2n) is 2.50. The van der Waals surface area contributed by atoms with Crippen LogP contribution in [-0.4, -0.2) is 5.11 Å². The average molecular weight is 135 g/mol. The number of phenols is 1. The van der Waals surface area contributed by atoms with E-state index in [9.17, 15) is 0 Å². The Hall–Kier alpha value is -0.980. The molecule has 0 bridgehead atoms. The van der Waals surface area contributed by atoms with Gasteiger partial charge in [-0.15, -0.1) is 0 Å². The highest BCUT2D eigenvalue weighted by molar-refractivity contribution is 5.29. The molecular weight excluding hydrogens is 124 g/mol. The van der Waals surface area contributed by atoms with Gasteiger partial charge in [0, 0.05) is 0 Å². The Morgan fingerprint density at radius 3 is 2.60 bits per heavy atom. The SMILES string of the molecule is [CH2][C@@H](C)c1cccc(O)c1. The smallest absolute Gasteiger partial charge is 0.115 e. The van der Waals surface area contributed by atoms with Crippen molar-refractivity contribution in [2.24, 2.45) is 0 Å². The largest absolute Gasteiger partial charge is 0.508 e. The van der Waals surface area contributed by atoms with Crippen LogP contribution >= 0.6 is 0 Å². The molecule has 0 aromatic heterocycles. The first-order chi connectivity index (χ1) is 4.70. The molecule has 0 aliphatic rings. The van der Waals surface area contributed by atoms with E-state index in [1.165, 1.54) is 0 Å². The molecule has 1 aromatic carbocycles. The van der Waals surface area contributed by atoms with Crippen molar-refractivity contribution < 1.29 is 5.11 Å². The molecule has 53 valence electrons. The van der Waals surface area contributed by atoms with Crippen LogP contribution in [0.5, 0.6) is 5.75 Å². The van der Waals surface area contributed by atoms with Crippen molar-refractivity contribution in [3.8, 4) is 5.75 Å². The van der Waals surface area contributed by atoms with Gasteiger partial charge in [-0.2, -0.15) is 0 Å². The van der Waals surface area contributed by atoms with Crippen LogP contribution < -0.4 is 0 Å². The van der Waals surface area contributed by atoms with Gasteiger partial charge in [0.15, 0.2) is 0 Å². The molecule has 10 heavy (non-hydrogen) atoms. The van der Waals surface area contributed by atoms with Gasteiger partial charge in [-0.25, -0.2) is 0 Å². The minimum atomic E-state index is 0.243. The minimum Gasteiger partial charge on any atom is -0.508 e. The molecule has 1 nitrogen and oxygen atoms in total. The second-order valence-corrected chi connectivity index (χ2v) is 2.50. The van der Waals surface area contributed by atoms with Crippen LogP contribution in [-0.2, 0) is 0 Å². The van der Waals surface area contributed by atoms with E-state index in [1.54, 1.807) is 12.1 Å². The molecule has 0 spiro atoms. The zero-order chi connectivity index (χ0) is 7.56. The van der Waals surface area contributed by atoms with Gasteiger partial charge in [-0.1, -0.05) is 19.1 Å². The first-order valence-corrected chi connectivity index (χ1v) is 3.32. The van der Waals surface area contributed by atoms with Gasteiger partial charge in [-0.05, 0) is 30.5 Å². The summed E-state index contributed by atoms with van der Waals surface area (Å²) in [7, 11) is 0. The summed E-state index contributed by atoms with van der Waals surface area (Å²) >= 11 is 0. The highest BCUT2D eigenvalue weighted by Gasteiger charge is 1.97. The van der Waals surface area contributed by atoms with Crippen LogP contribution in [0.25, 0.3) is 0 Å². The summed E-state index contributed by atoms with van der Waals surface area (Å²) in [6.07, 6.45) is 0. The van der Waals surface area contributed by atoms with Crippen molar-refractivity contribution in [2.45, 2.75) is 12.8 Å². The molecule has 0 fully saturated rings. The maximum atomic E-state index is 9.03. The molecule has 0 heterocycles. The third-order valence-electron chi connectivity index (χ3n) is 1.44. The minimum absolute atomic E-state index is 0.243. The van der Waals surface area contributed by atoms with E-state index < -0.39 is 0 Å². The third-order valence-corrected chi connectivity index (χ3v) is 1.44. The van der Waals surface area contributed by atoms with E-state index in [2.05, 4.69) is 6.92 Å². The predicted octanol–water partition coefficient (Wildman–Crippen LogP) is 2.33. The van der Waals surface area contributed by atoms with Gasteiger partial charge in [0.2, 0.25) is 0 Å². The molecular formula is C9H11O. The fourth-order valence-electron chi connectivity index (χ4n) is 0.831. The van der Waals surface area contributed by atoms with Crippen molar-refractivity contribution in [3.63, 3.8) is 0 Å². The lowest BCUT2D eigenvalue weighted by atomic mass is 10.0. The highest BCUT2D eigenvalue weighted by Crippen LogP contribution is 2.17. The number of aromatic hydroxyl groups is 1. The Balaban J connectivity index is 2.96. The molecule has 0 amide bonds. The second kappa shape index (κ2) is 2.74. The summed E-state index contributed by atoms with van der Waals surface area (Å²) in [6.45, 7) is 5.83. The highest BCUT2D eigenvalue weighted by atomic mass is 16.3. The molecule has 1 radical (unpaired) electrons. The van der Waals surface area contributed by atoms with Crippen molar-refractivity contribution in [1.29, 1.82) is 0 Å². The van der Waals surface area contributed by atoms with Gasteiger partial charge in [0.05, 0.1) is 0 Å². The molecule has 0 aliphatic carbocycles. The van der Waals surface area contributed by atoms with Gasteiger partial charge < -0.3 is 5.11 Å². The zero-order valence-corrected chi connectivity index (χ0v) is 6.04. The lowest BCUT2D eigenvalue weighted by Crippen LogP contribution is -1.84. The van der Waals surface area contributed by atoms with E-state index in [4.69, 9.17) is 5.11 Å². The predicted molar refractivity (Wildman–Crippen MR) is 41.9 cm³/mol. The van der Waals surface area contributed by atoms with Crippen LogP contribution in [0.15, 0.2) is 24.3 Å². The van der Waals surface area contributed by atoms with E-state index in [1.807, 2.05) is 19.1 Å². The van der Waals surface area contributed by atoms with E-state index in [-0.39, 0.29) is 5.92 Å². The van der Waals surface area contributed by atoms with E-state index in [0.29, 0.717) is 5.75 Å². The summed E-state index contributed by atoms with van der Waals surface area (Å²) in [5.41, 5.74) is 1.07. The number of rotatable bonds is 1. The molecule has 1 aromatic rings. The molecule has 1 N–H and O–H groups in total. The number of hydrogen-bond acceptors (Lipinski definition) is 1. The summed E-state index contributed by atoms with van der Waals surface area (Å²) in [5.74, 6) is 0.556. The summed E-state index contributed by atoms with van der Waals surface area (Å²) in [4.78, 5) is 0. The number of benzene rings is 1. The first kappa shape index (κ1) is 7.13. The van der Waals surface area contributed by atoms with Gasteiger partial charge in [0.25, 0.3) is 0 Å². The first-order valence-electron chi connectivity index (χ1n) is 3.32. The average Bonchev–Trinajstić information content (AvgIpc) is 1.88. The lowest BCUT2D eigenvalue weighted by molar-refractivity contribution is 0.474. The third kappa shape index (κ3) is 1.50. The van der Waals surface area contributed by atoms with Crippen molar-refractivity contribution >= 4 is 0 Å². The van der Waals surface area contributed by atoms with Crippen molar-refractivity contribution in [3.05, 3.63) is 36.8 Å². The maximum absolute atomic E-state index is 9.03. The van der Waals surface area contributed by atoms with Crippen LogP contribution in [0, 0.1) is 6.92 Å². The number of phenolic OH excluding ortho intramolecular Hbond substituents is 1. The molecule has 0 unspecified atom stereocenters. The fourth-order valence-corrected chi connectivity index (χ4v) is 0.831. The summed E-state index contributed by atoms with van der Waals surface area (Å²) in [6, 6.07) is 7.17. The van der Waals surface area contributed by atoms with Crippen molar-refractivity contribution in [1.82, 2.24) is 0 Å². The van der Waals surface area contributed by atoms with Crippen LogP contribution in [0.2, 0.25) is 0 Å². The molecule has 1 rings (SSSR count). The normalized spacial score (nSPS) is 10.3. The van der Waals surface area contributed by atoms with E-state index in [0.717, 1.165) is 5.56 Å². The topological polar surface area (TPSA) is 20.2 Å². The lowest BCUT2D eigenvalue weighted by Gasteiger charge is -2.03. The standard InChI is InChI=1S/C9H11O/c1-7(2)8-4-3-5-9(10)6-8/h3-7,10H,1H2,2H3/t7-/m0/s1. The summed E-state index contributed by atoms with van der Waals surface area (Å²) < 4.78 is 0. The molecule has 0 aliphatic heterocycles. The Bertz CT molecular complexity index is 216. The van der Waals surface area contributed by atoms with Crippen LogP contribution in [0.1, 0.15) is 18.4 Å².